The minimum Gasteiger partial charge on any atom is -0.759 e. The van der Waals surface area contributed by atoms with Crippen LogP contribution in [-0.2, 0) is 24.7 Å². The monoisotopic (exact) mass is 883 g/mol. The standard InChI is InChI=1S/C24H50O.C12H24O2.C6H12O5.3Na.H2O4S/c1-3-5-7-9-11-13-15-17-19-21-23-25-24-22-20-18-16-14-12-10-8-6-4-2;1-2-3-4-5-6-7-8-9-10-11-12(13)14;7-1-3(8)6-5(10)4(9)2-11-6;;;;1-5(2,3)4/h3-24H2,1-2H3;2-11H2,1H3,(H,13,14);3-10H,1-2H2;;;;(H2,1,2,3,4)/q;;;3*+1;/p-3/t;;3-,4+,5-,6-;;;;/m..1..../s1. The van der Waals surface area contributed by atoms with Crippen molar-refractivity contribution in [3.63, 3.8) is 0 Å². The van der Waals surface area contributed by atoms with Crippen molar-refractivity contribution in [3.8, 4) is 0 Å². The van der Waals surface area contributed by atoms with Crippen LogP contribution in [0.1, 0.15) is 213 Å². The van der Waals surface area contributed by atoms with Crippen LogP contribution < -0.4 is 93.8 Å². The van der Waals surface area contributed by atoms with E-state index in [1.807, 2.05) is 0 Å². The first-order valence-corrected chi connectivity index (χ1v) is 23.4. The molecule has 12 nitrogen and oxygen atoms in total. The van der Waals surface area contributed by atoms with Crippen LogP contribution in [0.3, 0.4) is 0 Å². The number of aliphatic hydroxyl groups is 4. The van der Waals surface area contributed by atoms with Crippen molar-refractivity contribution >= 4 is 16.4 Å². The number of aliphatic carboxylic acids is 1. The summed E-state index contributed by atoms with van der Waals surface area (Å²) in [5.74, 6) is -0.909. The van der Waals surface area contributed by atoms with Gasteiger partial charge in [-0.3, -0.25) is 8.42 Å². The number of aliphatic hydroxyl groups excluding tert-OH is 4. The van der Waals surface area contributed by atoms with E-state index < -0.39 is 47.4 Å². The maximum Gasteiger partial charge on any atom is 1.00 e. The average molecular weight is 883 g/mol. The van der Waals surface area contributed by atoms with E-state index in [9.17, 15) is 9.90 Å². The van der Waals surface area contributed by atoms with Gasteiger partial charge in [-0.1, -0.05) is 188 Å². The average Bonchev–Trinajstić information content (AvgIpc) is 3.48. The zero-order chi connectivity index (χ0) is 41.8. The van der Waals surface area contributed by atoms with E-state index in [2.05, 4.69) is 20.8 Å². The van der Waals surface area contributed by atoms with Crippen molar-refractivity contribution < 1.29 is 146 Å². The summed E-state index contributed by atoms with van der Waals surface area (Å²) in [5.41, 5.74) is 0. The summed E-state index contributed by atoms with van der Waals surface area (Å²) in [6.45, 7) is 8.32. The largest absolute Gasteiger partial charge is 1.00 e. The van der Waals surface area contributed by atoms with Crippen molar-refractivity contribution in [2.24, 2.45) is 0 Å². The molecule has 16 heteroatoms. The normalized spacial score (nSPS) is 16.1. The molecule has 0 radical (unpaired) electrons. The van der Waals surface area contributed by atoms with E-state index in [1.165, 1.54) is 173 Å². The third kappa shape index (κ3) is 64.7. The fourth-order valence-corrected chi connectivity index (χ4v) is 6.13. The first-order valence-electron chi connectivity index (χ1n) is 22.1. The predicted octanol–water partition coefficient (Wildman–Crippen LogP) is -1.36. The van der Waals surface area contributed by atoms with Crippen LogP contribution in [0.5, 0.6) is 0 Å². The van der Waals surface area contributed by atoms with Crippen molar-refractivity contribution in [2.45, 2.75) is 238 Å². The van der Waals surface area contributed by atoms with Gasteiger partial charge < -0.3 is 48.9 Å². The summed E-state index contributed by atoms with van der Waals surface area (Å²) in [7, 11) is -5.17. The molecule has 0 aromatic heterocycles. The van der Waals surface area contributed by atoms with Crippen LogP contribution >= 0.6 is 0 Å². The number of carboxylic acids is 1. The molecule has 4 N–H and O–H groups in total. The summed E-state index contributed by atoms with van der Waals surface area (Å²) in [5, 5.41) is 45.6. The Morgan fingerprint density at radius 3 is 1.12 bits per heavy atom. The maximum atomic E-state index is 10.1. The first kappa shape index (κ1) is 71.7. The van der Waals surface area contributed by atoms with Gasteiger partial charge >= 0.3 is 88.7 Å². The quantitative estimate of drug-likeness (QED) is 0.0255. The van der Waals surface area contributed by atoms with E-state index in [-0.39, 0.29) is 102 Å². The molecule has 1 aliphatic heterocycles. The van der Waals surface area contributed by atoms with Gasteiger partial charge in [-0.15, -0.1) is 0 Å². The van der Waals surface area contributed by atoms with Gasteiger partial charge in [0, 0.05) is 29.6 Å². The van der Waals surface area contributed by atoms with Gasteiger partial charge in [0.05, 0.1) is 13.2 Å². The first-order chi connectivity index (χ1) is 26.3. The smallest absolute Gasteiger partial charge is 0.759 e. The van der Waals surface area contributed by atoms with Gasteiger partial charge in [-0.25, -0.2) is 0 Å². The number of carbonyl (C=O) groups excluding carboxylic acids is 1. The molecule has 0 unspecified atom stereocenters. The van der Waals surface area contributed by atoms with E-state index in [0.717, 1.165) is 26.1 Å². The van der Waals surface area contributed by atoms with Crippen LogP contribution in [-0.4, -0.2) is 94.8 Å². The summed E-state index contributed by atoms with van der Waals surface area (Å²) in [6.07, 6.45) is 35.3. The molecule has 0 saturated carbocycles. The molecule has 1 saturated heterocycles. The second kappa shape index (κ2) is 57.1. The molecule has 1 aliphatic rings. The minimum absolute atomic E-state index is 0. The number of ether oxygens (including phenoxy) is 2. The number of unbranched alkanes of at least 4 members (excludes halogenated alkanes) is 26. The summed E-state index contributed by atoms with van der Waals surface area (Å²) >= 11 is 0. The third-order valence-electron chi connectivity index (χ3n) is 9.53. The van der Waals surface area contributed by atoms with Crippen LogP contribution in [0.25, 0.3) is 0 Å². The fraction of sp³-hybridized carbons (Fsp3) is 0.976. The Bertz CT molecular complexity index is 848. The van der Waals surface area contributed by atoms with Crippen LogP contribution in [0.2, 0.25) is 0 Å². The molecule has 0 amide bonds. The number of hydrogen-bond acceptors (Lipinski definition) is 12. The molecule has 4 atom stereocenters. The van der Waals surface area contributed by atoms with Crippen molar-refractivity contribution in [1.29, 1.82) is 0 Å². The molecular formula is C42H85Na3O12S. The molecule has 1 rings (SSSR count). The zero-order valence-electron chi connectivity index (χ0n) is 38.3. The molecule has 334 valence electrons. The van der Waals surface area contributed by atoms with E-state index in [1.54, 1.807) is 0 Å². The van der Waals surface area contributed by atoms with Crippen molar-refractivity contribution in [2.75, 3.05) is 26.4 Å². The Hall–Kier alpha value is 2.10. The Morgan fingerprint density at radius 1 is 0.603 bits per heavy atom. The molecule has 0 bridgehead atoms. The van der Waals surface area contributed by atoms with Gasteiger partial charge in [-0.05, 0) is 25.7 Å². The minimum atomic E-state index is -5.17. The van der Waals surface area contributed by atoms with Crippen LogP contribution in [0, 0.1) is 0 Å². The van der Waals surface area contributed by atoms with Crippen LogP contribution in [0.4, 0.5) is 0 Å². The Labute approximate surface area is 422 Å². The molecule has 0 spiro atoms. The Morgan fingerprint density at radius 2 is 0.879 bits per heavy atom. The molecular weight excluding hydrogens is 797 g/mol. The summed E-state index contributed by atoms with van der Waals surface area (Å²) in [4.78, 5) is 10.1. The van der Waals surface area contributed by atoms with Gasteiger partial charge in [0.15, 0.2) is 0 Å². The topological polar surface area (TPSA) is 220 Å². The van der Waals surface area contributed by atoms with Crippen molar-refractivity contribution in [1.82, 2.24) is 0 Å². The van der Waals surface area contributed by atoms with Crippen LogP contribution in [0.15, 0.2) is 0 Å². The maximum absolute atomic E-state index is 10.1. The van der Waals surface area contributed by atoms with E-state index in [4.69, 9.17) is 47.4 Å². The van der Waals surface area contributed by atoms with Gasteiger partial charge in [-0.2, -0.15) is 0 Å². The van der Waals surface area contributed by atoms with Gasteiger partial charge in [0.25, 0.3) is 0 Å². The van der Waals surface area contributed by atoms with E-state index in [0.29, 0.717) is 0 Å². The second-order valence-corrected chi connectivity index (χ2v) is 15.8. The Balaban J connectivity index is -0.000000173. The van der Waals surface area contributed by atoms with Gasteiger partial charge in [0.1, 0.15) is 24.4 Å². The molecule has 0 aromatic carbocycles. The predicted molar refractivity (Wildman–Crippen MR) is 217 cm³/mol. The number of rotatable bonds is 34. The number of carbonyl (C=O) groups is 1. The summed E-state index contributed by atoms with van der Waals surface area (Å²) < 4.78 is 44.7. The van der Waals surface area contributed by atoms with E-state index >= 15 is 0 Å². The third-order valence-corrected chi connectivity index (χ3v) is 9.53. The molecule has 0 aliphatic carbocycles. The second-order valence-electron chi connectivity index (χ2n) is 14.9. The van der Waals surface area contributed by atoms with Crippen molar-refractivity contribution in [3.05, 3.63) is 0 Å². The number of carboxylic acid groups (broad SMARTS) is 1. The molecule has 0 aromatic rings. The molecule has 1 heterocycles. The Kier molecular flexibility index (Phi) is 70.6. The zero-order valence-corrected chi connectivity index (χ0v) is 45.1. The number of hydrogen-bond donors (Lipinski definition) is 4. The fourth-order valence-electron chi connectivity index (χ4n) is 6.13. The molecule has 1 fully saturated rings. The SMILES string of the molecule is CCCCCCCCCCCC(=O)[O-].CCCCCCCCCCCCOCCCCCCCCCCCC.O=S(=O)([O-])[O-].OC[C@@H](O)[C@H]1OC[C@H](O)[C@H]1O.[Na+].[Na+].[Na+]. The molecule has 58 heavy (non-hydrogen) atoms. The van der Waals surface area contributed by atoms with Gasteiger partial charge in [0.2, 0.25) is 0 Å². The summed E-state index contributed by atoms with van der Waals surface area (Å²) in [6, 6.07) is 0.